The van der Waals surface area contributed by atoms with Crippen LogP contribution in [0.15, 0.2) is 34.5 Å². The summed E-state index contributed by atoms with van der Waals surface area (Å²) in [7, 11) is -1.44. The number of carbonyl (C=O) groups excluding carboxylic acids is 1. The maximum atomic E-state index is 12.5. The largest absolute Gasteiger partial charge is 0.324 e. The molecule has 0 aliphatic carbocycles. The van der Waals surface area contributed by atoms with E-state index >= 15 is 0 Å². The van der Waals surface area contributed by atoms with Gasteiger partial charge in [0.15, 0.2) is 11.2 Å². The van der Waals surface area contributed by atoms with E-state index in [4.69, 9.17) is 6.57 Å². The molecule has 21 heavy (non-hydrogen) atoms. The van der Waals surface area contributed by atoms with Crippen LogP contribution in [0.25, 0.3) is 4.85 Å². The first-order valence-corrected chi connectivity index (χ1v) is 10.5. The fourth-order valence-corrected chi connectivity index (χ4v) is 3.57. The third-order valence-electron chi connectivity index (χ3n) is 3.75. The minimum atomic E-state index is -1.44. The highest BCUT2D eigenvalue weighted by Crippen LogP contribution is 2.33. The summed E-state index contributed by atoms with van der Waals surface area (Å²) in [6.07, 6.45) is 0.675. The zero-order chi connectivity index (χ0) is 15.7. The van der Waals surface area contributed by atoms with Gasteiger partial charge in [-0.2, -0.15) is 10.2 Å². The van der Waals surface area contributed by atoms with E-state index in [0.717, 1.165) is 0 Å². The number of benzene rings is 1. The Morgan fingerprint density at radius 3 is 2.48 bits per heavy atom. The average Bonchev–Trinajstić information content (AvgIpc) is 2.84. The number of anilines is 1. The number of rotatable bonds is 3. The molecule has 0 bridgehead atoms. The van der Waals surface area contributed by atoms with E-state index < -0.39 is 13.6 Å². The van der Waals surface area contributed by atoms with Crippen molar-refractivity contribution in [2.24, 2.45) is 10.2 Å². The topological polar surface area (TPSA) is 58.2 Å². The van der Waals surface area contributed by atoms with E-state index in [1.807, 2.05) is 6.92 Å². The van der Waals surface area contributed by atoms with Crippen LogP contribution < -0.4 is 5.32 Å². The Morgan fingerprint density at radius 1 is 1.38 bits per heavy atom. The lowest BCUT2D eigenvalue weighted by Gasteiger charge is -2.24. The summed E-state index contributed by atoms with van der Waals surface area (Å²) in [6, 6.07) is 6.84. The Hall–Kier alpha value is -2.00. The number of hydrogen-bond acceptors (Lipinski definition) is 3. The van der Waals surface area contributed by atoms with Gasteiger partial charge < -0.3 is 5.32 Å². The van der Waals surface area contributed by atoms with Crippen molar-refractivity contribution < 1.29 is 4.79 Å². The molecule has 0 spiro atoms. The van der Waals surface area contributed by atoms with Crippen LogP contribution in [0.2, 0.25) is 19.6 Å². The fraction of sp³-hybridized carbons (Fsp3) is 0.467. The van der Waals surface area contributed by atoms with Gasteiger partial charge in [-0.25, -0.2) is 4.85 Å². The monoisotopic (exact) mass is 300 g/mol. The lowest BCUT2D eigenvalue weighted by Crippen LogP contribution is -2.43. The van der Waals surface area contributed by atoms with Gasteiger partial charge in [0.05, 0.1) is 20.3 Å². The molecule has 1 aromatic carbocycles. The van der Waals surface area contributed by atoms with E-state index in [1.165, 1.54) is 0 Å². The van der Waals surface area contributed by atoms with Gasteiger partial charge in [0, 0.05) is 12.1 Å². The Morgan fingerprint density at radius 2 is 2.00 bits per heavy atom. The van der Waals surface area contributed by atoms with Gasteiger partial charge in [-0.1, -0.05) is 31.8 Å². The molecule has 1 N–H and O–H groups in total. The van der Waals surface area contributed by atoms with Crippen LogP contribution in [0, 0.1) is 6.57 Å². The third-order valence-corrected chi connectivity index (χ3v) is 6.07. The highest BCUT2D eigenvalue weighted by Gasteiger charge is 2.44. The number of amides is 1. The molecular formula is C15H20N4OSi. The Bertz CT molecular complexity index is 612. The summed E-state index contributed by atoms with van der Waals surface area (Å²) in [5.41, 5.74) is 0.639. The van der Waals surface area contributed by atoms with Crippen LogP contribution in [-0.2, 0) is 4.79 Å². The molecule has 1 aromatic rings. The van der Waals surface area contributed by atoms with Crippen molar-refractivity contribution in [1.29, 1.82) is 0 Å². The number of carbonyl (C=O) groups is 1. The van der Waals surface area contributed by atoms with Crippen LogP contribution in [0.1, 0.15) is 13.3 Å². The van der Waals surface area contributed by atoms with Gasteiger partial charge in [-0.3, -0.25) is 4.79 Å². The highest BCUT2D eigenvalue weighted by molar-refractivity contribution is 6.77. The molecular weight excluding hydrogens is 280 g/mol. The van der Waals surface area contributed by atoms with Gasteiger partial charge in [-0.15, -0.1) is 0 Å². The minimum Gasteiger partial charge on any atom is -0.324 e. The first kappa shape index (κ1) is 15.4. The molecule has 2 atom stereocenters. The van der Waals surface area contributed by atoms with Crippen LogP contribution in [0.3, 0.4) is 0 Å². The smallest absolute Gasteiger partial charge is 0.253 e. The Kier molecular flexibility index (Phi) is 3.96. The van der Waals surface area contributed by atoms with E-state index in [0.29, 0.717) is 17.8 Å². The van der Waals surface area contributed by atoms with Crippen molar-refractivity contribution in [3.05, 3.63) is 35.7 Å². The van der Waals surface area contributed by atoms with Crippen molar-refractivity contribution in [2.45, 2.75) is 44.2 Å². The highest BCUT2D eigenvalue weighted by atomic mass is 28.3. The molecule has 0 radical (unpaired) electrons. The van der Waals surface area contributed by atoms with Gasteiger partial charge >= 0.3 is 0 Å². The van der Waals surface area contributed by atoms with Crippen LogP contribution >= 0.6 is 0 Å². The zero-order valence-electron chi connectivity index (χ0n) is 12.8. The lowest BCUT2D eigenvalue weighted by atomic mass is 9.99. The Labute approximate surface area is 126 Å². The van der Waals surface area contributed by atoms with Crippen molar-refractivity contribution in [3.63, 3.8) is 0 Å². The van der Waals surface area contributed by atoms with E-state index in [2.05, 4.69) is 40.0 Å². The number of nitrogens with one attached hydrogen (secondary N) is 1. The maximum Gasteiger partial charge on any atom is 0.253 e. The third kappa shape index (κ3) is 3.36. The van der Waals surface area contributed by atoms with Crippen molar-refractivity contribution in [1.82, 2.24) is 0 Å². The molecule has 0 saturated carbocycles. The quantitative estimate of drug-likeness (QED) is 0.665. The van der Waals surface area contributed by atoms with E-state index in [1.54, 1.807) is 24.3 Å². The van der Waals surface area contributed by atoms with Gasteiger partial charge in [0.2, 0.25) is 0 Å². The zero-order valence-corrected chi connectivity index (χ0v) is 13.8. The molecule has 110 valence electrons. The average molecular weight is 300 g/mol. The summed E-state index contributed by atoms with van der Waals surface area (Å²) in [5.74, 6) is -0.137. The SMILES string of the molecule is [C-]#[N+]c1ccc(NC(=O)C2(C)CC([Si](C)(C)C)N=N2)cc1. The second kappa shape index (κ2) is 5.41. The number of nitrogens with zero attached hydrogens (tertiary/aromatic N) is 3. The predicted octanol–water partition coefficient (Wildman–Crippen LogP) is 4.04. The minimum absolute atomic E-state index is 0.137. The molecule has 1 aliphatic heterocycles. The fourth-order valence-electron chi connectivity index (χ4n) is 2.16. The lowest BCUT2D eigenvalue weighted by molar-refractivity contribution is -0.120. The first-order chi connectivity index (χ1) is 9.74. The second-order valence-electron chi connectivity index (χ2n) is 6.69. The van der Waals surface area contributed by atoms with Crippen molar-refractivity contribution in [3.8, 4) is 0 Å². The predicted molar refractivity (Wildman–Crippen MR) is 86.3 cm³/mol. The summed E-state index contributed by atoms with van der Waals surface area (Å²) in [6.45, 7) is 15.5. The van der Waals surface area contributed by atoms with E-state index in [9.17, 15) is 4.79 Å². The molecule has 0 saturated heterocycles. The molecule has 0 fully saturated rings. The second-order valence-corrected chi connectivity index (χ2v) is 12.1. The van der Waals surface area contributed by atoms with Gasteiger partial charge in [0.25, 0.3) is 5.91 Å². The van der Waals surface area contributed by atoms with Crippen molar-refractivity contribution in [2.75, 3.05) is 5.32 Å². The van der Waals surface area contributed by atoms with Gasteiger partial charge in [-0.05, 0) is 19.1 Å². The maximum absolute atomic E-state index is 12.5. The summed E-state index contributed by atoms with van der Waals surface area (Å²) >= 11 is 0. The molecule has 1 aliphatic rings. The summed E-state index contributed by atoms with van der Waals surface area (Å²) in [4.78, 5) is 15.8. The molecule has 5 nitrogen and oxygen atoms in total. The van der Waals surface area contributed by atoms with Crippen LogP contribution in [-0.4, -0.2) is 25.2 Å². The molecule has 2 rings (SSSR count). The number of azo groups is 1. The standard InChI is InChI=1S/C15H20N4OSi/c1-15(10-13(18-19-15)21(3,4)5)14(20)17-12-8-6-11(16-2)7-9-12/h6-9,13H,10H2,1,3-5H3,(H,17,20). The van der Waals surface area contributed by atoms with Crippen LogP contribution in [0.4, 0.5) is 11.4 Å². The number of hydrogen-bond donors (Lipinski definition) is 1. The van der Waals surface area contributed by atoms with E-state index in [-0.39, 0.29) is 11.6 Å². The molecule has 6 heteroatoms. The summed E-state index contributed by atoms with van der Waals surface area (Å²) < 4.78 is 0. The van der Waals surface area contributed by atoms with Crippen LogP contribution in [0.5, 0.6) is 0 Å². The molecule has 1 heterocycles. The molecule has 2 unspecified atom stereocenters. The normalized spacial score (nSPS) is 24.6. The van der Waals surface area contributed by atoms with Gasteiger partial charge in [0.1, 0.15) is 0 Å². The molecule has 0 aromatic heterocycles. The molecule has 1 amide bonds. The summed E-state index contributed by atoms with van der Waals surface area (Å²) in [5, 5.41) is 11.4. The first-order valence-electron chi connectivity index (χ1n) is 6.95. The van der Waals surface area contributed by atoms with Crippen molar-refractivity contribution >= 4 is 25.4 Å². The Balaban J connectivity index is 2.07.